The van der Waals surface area contributed by atoms with Crippen LogP contribution < -0.4 is 5.32 Å². The molecule has 4 rings (SSSR count). The first-order valence-electron chi connectivity index (χ1n) is 9.91. The lowest BCUT2D eigenvalue weighted by Gasteiger charge is -2.24. The molecule has 28 heavy (non-hydrogen) atoms. The molecule has 1 aromatic heterocycles. The number of likely N-dealkylation sites (N-methyl/N-ethyl adjacent to an activating group) is 1. The van der Waals surface area contributed by atoms with E-state index in [1.165, 1.54) is 4.90 Å². The number of carbonyl (C=O) groups excluding carboxylic acids is 3. The zero-order chi connectivity index (χ0) is 19.7. The van der Waals surface area contributed by atoms with Crippen molar-refractivity contribution >= 4 is 17.7 Å². The smallest absolute Gasteiger partial charge is 0.275 e. The average Bonchev–Trinajstić information content (AvgIpc) is 3.12. The second-order valence-electron chi connectivity index (χ2n) is 7.31. The zero-order valence-electron chi connectivity index (χ0n) is 16.0. The third kappa shape index (κ3) is 3.21. The Hall–Kier alpha value is -2.96. The Balaban J connectivity index is 1.76. The molecular formula is C21H24N4O3. The Morgan fingerprint density at radius 2 is 1.93 bits per heavy atom. The number of imide groups is 1. The Morgan fingerprint density at radius 1 is 1.18 bits per heavy atom. The molecule has 7 heteroatoms. The molecule has 1 fully saturated rings. The van der Waals surface area contributed by atoms with E-state index in [0.29, 0.717) is 12.2 Å². The molecule has 1 N–H and O–H groups in total. The molecule has 0 unspecified atom stereocenters. The lowest BCUT2D eigenvalue weighted by atomic mass is 10.1. The van der Waals surface area contributed by atoms with Gasteiger partial charge in [0, 0.05) is 17.8 Å². The molecule has 1 saturated heterocycles. The quantitative estimate of drug-likeness (QED) is 0.650. The van der Waals surface area contributed by atoms with E-state index in [-0.39, 0.29) is 18.2 Å². The molecule has 0 saturated carbocycles. The maximum atomic E-state index is 13.4. The monoisotopic (exact) mass is 380 g/mol. The molecule has 1 aliphatic heterocycles. The van der Waals surface area contributed by atoms with Gasteiger partial charge in [0.1, 0.15) is 6.04 Å². The summed E-state index contributed by atoms with van der Waals surface area (Å²) in [6.07, 6.45) is 4.89. The van der Waals surface area contributed by atoms with Crippen molar-refractivity contribution in [2.75, 3.05) is 6.54 Å². The van der Waals surface area contributed by atoms with Crippen LogP contribution in [0.4, 0.5) is 0 Å². The number of amides is 3. The molecule has 2 heterocycles. The summed E-state index contributed by atoms with van der Waals surface area (Å²) >= 11 is 0. The van der Waals surface area contributed by atoms with Gasteiger partial charge in [0.05, 0.1) is 12.1 Å². The number of aromatic nitrogens is 2. The lowest BCUT2D eigenvalue weighted by molar-refractivity contribution is -0.126. The van der Waals surface area contributed by atoms with Crippen LogP contribution in [0.3, 0.4) is 0 Å². The molecule has 7 nitrogen and oxygen atoms in total. The van der Waals surface area contributed by atoms with Crippen molar-refractivity contribution in [3.63, 3.8) is 0 Å². The van der Waals surface area contributed by atoms with E-state index in [1.54, 1.807) is 0 Å². The summed E-state index contributed by atoms with van der Waals surface area (Å²) in [6.45, 7) is 2.16. The third-order valence-electron chi connectivity index (χ3n) is 5.56. The van der Waals surface area contributed by atoms with Gasteiger partial charge in [-0.15, -0.1) is 0 Å². The van der Waals surface area contributed by atoms with Crippen molar-refractivity contribution in [2.24, 2.45) is 0 Å². The van der Waals surface area contributed by atoms with Crippen LogP contribution in [0.2, 0.25) is 0 Å². The van der Waals surface area contributed by atoms with Gasteiger partial charge < -0.3 is 4.90 Å². The minimum atomic E-state index is -0.756. The van der Waals surface area contributed by atoms with Gasteiger partial charge in [-0.1, -0.05) is 24.6 Å². The minimum Gasteiger partial charge on any atom is -0.325 e. The number of para-hydroxylation sites is 1. The van der Waals surface area contributed by atoms with Crippen LogP contribution in [0.15, 0.2) is 30.3 Å². The van der Waals surface area contributed by atoms with Gasteiger partial charge in [-0.05, 0) is 44.7 Å². The topological polar surface area (TPSA) is 84.3 Å². The van der Waals surface area contributed by atoms with Crippen LogP contribution in [0, 0.1) is 0 Å². The molecule has 2 aromatic rings. The number of nitrogens with one attached hydrogen (secondary N) is 1. The van der Waals surface area contributed by atoms with Gasteiger partial charge in [-0.3, -0.25) is 19.7 Å². The molecule has 1 aliphatic carbocycles. The van der Waals surface area contributed by atoms with E-state index in [1.807, 2.05) is 41.9 Å². The maximum absolute atomic E-state index is 13.4. The first-order valence-corrected chi connectivity index (χ1v) is 9.91. The maximum Gasteiger partial charge on any atom is 0.275 e. The highest BCUT2D eigenvalue weighted by atomic mass is 16.2. The van der Waals surface area contributed by atoms with Gasteiger partial charge in [0.2, 0.25) is 11.8 Å². The van der Waals surface area contributed by atoms with Crippen LogP contribution in [0.1, 0.15) is 54.4 Å². The summed E-state index contributed by atoms with van der Waals surface area (Å²) < 4.78 is 1.88. The number of hydrogen-bond acceptors (Lipinski definition) is 4. The number of carbonyl (C=O) groups is 3. The molecule has 2 aliphatic rings. The number of fused-ring (bicyclic) bond motifs is 1. The Kier molecular flexibility index (Phi) is 4.98. The highest BCUT2D eigenvalue weighted by Gasteiger charge is 2.39. The van der Waals surface area contributed by atoms with E-state index in [0.717, 1.165) is 49.0 Å². The first kappa shape index (κ1) is 18.4. The second-order valence-corrected chi connectivity index (χ2v) is 7.31. The van der Waals surface area contributed by atoms with Crippen molar-refractivity contribution in [3.05, 3.63) is 47.3 Å². The molecule has 3 amide bonds. The fourth-order valence-corrected chi connectivity index (χ4v) is 4.16. The Morgan fingerprint density at radius 3 is 2.61 bits per heavy atom. The number of hydrogen-bond donors (Lipinski definition) is 1. The number of nitrogens with zero attached hydrogens (tertiary/aromatic N) is 3. The predicted octanol–water partition coefficient (Wildman–Crippen LogP) is 2.02. The molecule has 1 aromatic carbocycles. The van der Waals surface area contributed by atoms with E-state index in [4.69, 9.17) is 5.10 Å². The first-order chi connectivity index (χ1) is 13.6. The summed E-state index contributed by atoms with van der Waals surface area (Å²) in [7, 11) is 0. The highest BCUT2D eigenvalue weighted by molar-refractivity contribution is 6.08. The second kappa shape index (κ2) is 7.58. The van der Waals surface area contributed by atoms with E-state index in [2.05, 4.69) is 5.32 Å². The predicted molar refractivity (Wildman–Crippen MR) is 103 cm³/mol. The Bertz CT molecular complexity index is 919. The zero-order valence-corrected chi connectivity index (χ0v) is 16.0. The third-order valence-corrected chi connectivity index (χ3v) is 5.56. The van der Waals surface area contributed by atoms with Crippen LogP contribution in [-0.2, 0) is 22.4 Å². The van der Waals surface area contributed by atoms with Crippen molar-refractivity contribution in [2.45, 2.75) is 51.5 Å². The van der Waals surface area contributed by atoms with Gasteiger partial charge in [0.15, 0.2) is 5.69 Å². The summed E-state index contributed by atoms with van der Waals surface area (Å²) in [6, 6.07) is 9.06. The fourth-order valence-electron chi connectivity index (χ4n) is 4.16. The lowest BCUT2D eigenvalue weighted by Crippen LogP contribution is -2.44. The molecule has 0 bridgehead atoms. The molecule has 0 radical (unpaired) electrons. The molecular weight excluding hydrogens is 356 g/mol. The van der Waals surface area contributed by atoms with Gasteiger partial charge in [-0.25, -0.2) is 4.68 Å². The summed E-state index contributed by atoms with van der Waals surface area (Å²) in [4.78, 5) is 38.6. The van der Waals surface area contributed by atoms with Crippen LogP contribution in [0.25, 0.3) is 5.69 Å². The standard InChI is InChI=1S/C21H24N4O3/c1-2-24(17-13-18(26)22-20(17)27)21(28)19-15-11-7-4-8-12-16(15)25(23-19)14-9-5-3-6-10-14/h3,5-6,9-10,17H,2,4,7-8,11-13H2,1H3,(H,22,26,27)/t17-/m0/s1. The highest BCUT2D eigenvalue weighted by Crippen LogP contribution is 2.28. The largest absolute Gasteiger partial charge is 0.325 e. The van der Waals surface area contributed by atoms with Crippen LogP contribution in [0.5, 0.6) is 0 Å². The fraction of sp³-hybridized carbons (Fsp3) is 0.429. The van der Waals surface area contributed by atoms with Crippen LogP contribution >= 0.6 is 0 Å². The van der Waals surface area contributed by atoms with Crippen LogP contribution in [-0.4, -0.2) is 45.0 Å². The van der Waals surface area contributed by atoms with Crippen molar-refractivity contribution in [1.82, 2.24) is 20.0 Å². The number of benzene rings is 1. The van der Waals surface area contributed by atoms with Gasteiger partial charge >= 0.3 is 0 Å². The van der Waals surface area contributed by atoms with Gasteiger partial charge in [-0.2, -0.15) is 5.10 Å². The van der Waals surface area contributed by atoms with Crippen molar-refractivity contribution < 1.29 is 14.4 Å². The Labute approximate surface area is 163 Å². The number of rotatable bonds is 4. The molecule has 1 atom stereocenters. The van der Waals surface area contributed by atoms with Gasteiger partial charge in [0.25, 0.3) is 5.91 Å². The van der Waals surface area contributed by atoms with E-state index in [9.17, 15) is 14.4 Å². The van der Waals surface area contributed by atoms with E-state index < -0.39 is 11.9 Å². The van der Waals surface area contributed by atoms with Crippen molar-refractivity contribution in [3.8, 4) is 5.69 Å². The normalized spacial score (nSPS) is 19.1. The molecule has 146 valence electrons. The van der Waals surface area contributed by atoms with E-state index >= 15 is 0 Å². The summed E-state index contributed by atoms with van der Waals surface area (Å²) in [5, 5.41) is 6.99. The SMILES string of the molecule is CCN(C(=O)c1nn(-c2ccccc2)c2c1CCCCC2)[C@H]1CC(=O)NC1=O. The minimum absolute atomic E-state index is 0.0139. The molecule has 0 spiro atoms. The summed E-state index contributed by atoms with van der Waals surface area (Å²) in [5.41, 5.74) is 3.40. The summed E-state index contributed by atoms with van der Waals surface area (Å²) in [5.74, 6) is -1.02. The van der Waals surface area contributed by atoms with Crippen molar-refractivity contribution in [1.29, 1.82) is 0 Å². The average molecular weight is 380 g/mol.